The number of hydrogen-bond donors (Lipinski definition) is 3. The number of aromatic nitrogens is 1. The highest BCUT2D eigenvalue weighted by atomic mass is 16.4. The van der Waals surface area contributed by atoms with Crippen LogP contribution in [-0.4, -0.2) is 40.5 Å². The van der Waals surface area contributed by atoms with Crippen molar-refractivity contribution in [2.75, 3.05) is 7.05 Å². The molecule has 0 fully saturated rings. The van der Waals surface area contributed by atoms with Crippen LogP contribution in [0.2, 0.25) is 0 Å². The van der Waals surface area contributed by atoms with Gasteiger partial charge in [0.1, 0.15) is 12.1 Å². The van der Waals surface area contributed by atoms with Crippen LogP contribution < -0.4 is 10.6 Å². The minimum absolute atomic E-state index is 0.351. The Bertz CT molecular complexity index is 964. The molecule has 0 spiro atoms. The molecule has 2 atom stereocenters. The lowest BCUT2D eigenvalue weighted by molar-refractivity contribution is -0.141. The van der Waals surface area contributed by atoms with Crippen molar-refractivity contribution in [1.29, 1.82) is 5.26 Å². The summed E-state index contributed by atoms with van der Waals surface area (Å²) in [7, 11) is 1.48. The fourth-order valence-electron chi connectivity index (χ4n) is 3.07. The summed E-state index contributed by atoms with van der Waals surface area (Å²) in [5, 5.41) is 23.5. The van der Waals surface area contributed by atoms with E-state index in [1.807, 2.05) is 20.8 Å². The van der Waals surface area contributed by atoms with E-state index in [1.165, 1.54) is 11.6 Å². The van der Waals surface area contributed by atoms with Crippen LogP contribution in [0, 0.1) is 16.7 Å². The average molecular weight is 410 g/mol. The van der Waals surface area contributed by atoms with Crippen molar-refractivity contribution in [2.24, 2.45) is 5.41 Å². The number of nitrogens with one attached hydrogen (secondary N) is 2. The van der Waals surface area contributed by atoms with Crippen molar-refractivity contribution in [3.8, 4) is 17.2 Å². The molecule has 0 aliphatic rings. The van der Waals surface area contributed by atoms with Gasteiger partial charge < -0.3 is 20.3 Å². The number of carbonyl (C=O) groups is 3. The summed E-state index contributed by atoms with van der Waals surface area (Å²) in [5.74, 6) is -2.03. The number of carbonyl (C=O) groups excluding carboxylic acids is 2. The van der Waals surface area contributed by atoms with Gasteiger partial charge in [-0.2, -0.15) is 5.26 Å². The maximum atomic E-state index is 13.0. The van der Waals surface area contributed by atoms with Crippen LogP contribution >= 0.6 is 0 Å². The van der Waals surface area contributed by atoms with Gasteiger partial charge >= 0.3 is 5.97 Å². The minimum Gasteiger partial charge on any atom is -0.481 e. The molecular weight excluding hydrogens is 384 g/mol. The standard InChI is InChI=1S/C22H26N4O4/c1-22(2,3)19(21(30)24-4)25-20(29)17(11-18(27)28)26-10-9-16(13-26)15-7-5-14(12-23)6-8-15/h5-10,13,17,19H,11H2,1-4H3,(H,24,30)(H,25,29)(H,27,28)/t17?,19-/m1/s1. The summed E-state index contributed by atoms with van der Waals surface area (Å²) >= 11 is 0. The third kappa shape index (κ3) is 5.47. The number of carboxylic acids is 1. The number of aliphatic carboxylic acids is 1. The number of nitrogens with zero attached hydrogens (tertiary/aromatic N) is 2. The van der Waals surface area contributed by atoms with Crippen molar-refractivity contribution in [1.82, 2.24) is 15.2 Å². The first-order valence-electron chi connectivity index (χ1n) is 9.48. The summed E-state index contributed by atoms with van der Waals surface area (Å²) in [6.45, 7) is 5.45. The third-order valence-electron chi connectivity index (χ3n) is 4.75. The average Bonchev–Trinajstić information content (AvgIpc) is 3.18. The highest BCUT2D eigenvalue weighted by Crippen LogP contribution is 2.25. The molecule has 158 valence electrons. The molecule has 0 bridgehead atoms. The molecular formula is C22H26N4O4. The lowest BCUT2D eigenvalue weighted by atomic mass is 9.86. The molecule has 1 unspecified atom stereocenters. The largest absolute Gasteiger partial charge is 0.481 e. The number of benzene rings is 1. The van der Waals surface area contributed by atoms with Gasteiger partial charge in [0.15, 0.2) is 0 Å². The van der Waals surface area contributed by atoms with E-state index >= 15 is 0 Å². The smallest absolute Gasteiger partial charge is 0.306 e. The van der Waals surface area contributed by atoms with Crippen LogP contribution in [0.4, 0.5) is 0 Å². The van der Waals surface area contributed by atoms with Crippen molar-refractivity contribution in [3.05, 3.63) is 48.3 Å². The van der Waals surface area contributed by atoms with Crippen molar-refractivity contribution >= 4 is 17.8 Å². The Morgan fingerprint density at radius 1 is 1.10 bits per heavy atom. The predicted molar refractivity (Wildman–Crippen MR) is 111 cm³/mol. The van der Waals surface area contributed by atoms with E-state index in [-0.39, 0.29) is 5.91 Å². The molecule has 2 aromatic rings. The van der Waals surface area contributed by atoms with Gasteiger partial charge in [0.05, 0.1) is 18.1 Å². The van der Waals surface area contributed by atoms with E-state index in [2.05, 4.69) is 16.7 Å². The van der Waals surface area contributed by atoms with Crippen LogP contribution in [0.3, 0.4) is 0 Å². The van der Waals surface area contributed by atoms with E-state index < -0.39 is 35.8 Å². The molecule has 0 radical (unpaired) electrons. The lowest BCUT2D eigenvalue weighted by Gasteiger charge is -2.31. The molecule has 30 heavy (non-hydrogen) atoms. The second-order valence-corrected chi connectivity index (χ2v) is 8.07. The Balaban J connectivity index is 2.32. The minimum atomic E-state index is -1.13. The third-order valence-corrected chi connectivity index (χ3v) is 4.75. The quantitative estimate of drug-likeness (QED) is 0.646. The number of nitriles is 1. The first kappa shape index (κ1) is 22.7. The van der Waals surface area contributed by atoms with Gasteiger partial charge in [-0.05, 0) is 34.7 Å². The first-order valence-corrected chi connectivity index (χ1v) is 9.48. The van der Waals surface area contributed by atoms with Crippen LogP contribution in [0.25, 0.3) is 11.1 Å². The second-order valence-electron chi connectivity index (χ2n) is 8.07. The summed E-state index contributed by atoms with van der Waals surface area (Å²) in [6.07, 6.45) is 2.88. The van der Waals surface area contributed by atoms with Crippen molar-refractivity contribution in [3.63, 3.8) is 0 Å². The number of hydrogen-bond acceptors (Lipinski definition) is 4. The summed E-state index contributed by atoms with van der Waals surface area (Å²) in [5.41, 5.74) is 1.58. The highest BCUT2D eigenvalue weighted by Gasteiger charge is 2.35. The Morgan fingerprint density at radius 3 is 2.23 bits per heavy atom. The fraction of sp³-hybridized carbons (Fsp3) is 0.364. The molecule has 8 heteroatoms. The van der Waals surface area contributed by atoms with Gasteiger partial charge in [0.2, 0.25) is 11.8 Å². The molecule has 1 heterocycles. The monoisotopic (exact) mass is 410 g/mol. The molecule has 8 nitrogen and oxygen atoms in total. The van der Waals surface area contributed by atoms with Gasteiger partial charge in [-0.1, -0.05) is 32.9 Å². The molecule has 0 saturated carbocycles. The maximum Gasteiger partial charge on any atom is 0.306 e. The van der Waals surface area contributed by atoms with Crippen LogP contribution in [-0.2, 0) is 14.4 Å². The van der Waals surface area contributed by atoms with Gasteiger partial charge in [-0.3, -0.25) is 14.4 Å². The second kappa shape index (κ2) is 9.27. The topological polar surface area (TPSA) is 124 Å². The zero-order valence-electron chi connectivity index (χ0n) is 17.5. The normalized spacial score (nSPS) is 13.0. The number of likely N-dealkylation sites (N-methyl/N-ethyl adjacent to an activating group) is 1. The molecule has 3 N–H and O–H groups in total. The van der Waals surface area contributed by atoms with Crippen molar-refractivity contribution < 1.29 is 19.5 Å². The number of amides is 2. The van der Waals surface area contributed by atoms with Gasteiger partial charge in [-0.15, -0.1) is 0 Å². The van der Waals surface area contributed by atoms with E-state index in [0.29, 0.717) is 5.56 Å². The molecule has 2 amide bonds. The van der Waals surface area contributed by atoms with Gasteiger partial charge in [0, 0.05) is 19.4 Å². The maximum absolute atomic E-state index is 13.0. The van der Waals surface area contributed by atoms with Crippen LogP contribution in [0.5, 0.6) is 0 Å². The summed E-state index contributed by atoms with van der Waals surface area (Å²) in [6, 6.07) is 8.92. The summed E-state index contributed by atoms with van der Waals surface area (Å²) in [4.78, 5) is 36.6. The van der Waals surface area contributed by atoms with E-state index in [4.69, 9.17) is 5.26 Å². The number of carboxylic acid groups (broad SMARTS) is 1. The lowest BCUT2D eigenvalue weighted by Crippen LogP contribution is -2.54. The van der Waals surface area contributed by atoms with Crippen molar-refractivity contribution in [2.45, 2.75) is 39.3 Å². The predicted octanol–water partition coefficient (Wildman–Crippen LogP) is 2.32. The molecule has 1 aromatic heterocycles. The Labute approximate surface area is 175 Å². The molecule has 1 aromatic carbocycles. The number of rotatable bonds is 7. The van der Waals surface area contributed by atoms with Crippen LogP contribution in [0.15, 0.2) is 42.7 Å². The zero-order chi connectivity index (χ0) is 22.5. The van der Waals surface area contributed by atoms with E-state index in [9.17, 15) is 19.5 Å². The van der Waals surface area contributed by atoms with E-state index in [0.717, 1.165) is 11.1 Å². The molecule has 0 aliphatic carbocycles. The van der Waals surface area contributed by atoms with E-state index in [1.54, 1.807) is 42.7 Å². The summed E-state index contributed by atoms with van der Waals surface area (Å²) < 4.78 is 1.53. The Hall–Kier alpha value is -3.60. The highest BCUT2D eigenvalue weighted by molar-refractivity contribution is 5.91. The Kier molecular flexibility index (Phi) is 7.01. The molecule has 0 saturated heterocycles. The molecule has 2 rings (SSSR count). The van der Waals surface area contributed by atoms with Gasteiger partial charge in [-0.25, -0.2) is 0 Å². The van der Waals surface area contributed by atoms with Gasteiger partial charge in [0.25, 0.3) is 0 Å². The first-order chi connectivity index (χ1) is 14.1. The van der Waals surface area contributed by atoms with Crippen LogP contribution in [0.1, 0.15) is 38.8 Å². The SMILES string of the molecule is CNC(=O)[C@@H](NC(=O)C(CC(=O)O)n1ccc(-c2ccc(C#N)cc2)c1)C(C)(C)C. The Morgan fingerprint density at radius 2 is 1.73 bits per heavy atom. The fourth-order valence-corrected chi connectivity index (χ4v) is 3.07. The zero-order valence-corrected chi connectivity index (χ0v) is 17.5. The molecule has 0 aliphatic heterocycles.